The monoisotopic (exact) mass is 330 g/mol. The molecule has 1 aliphatic heterocycles. The van der Waals surface area contributed by atoms with Gasteiger partial charge in [-0.15, -0.1) is 11.3 Å². The fraction of sp³-hybridized carbons (Fsp3) is 0.389. The van der Waals surface area contributed by atoms with Crippen LogP contribution in [0.3, 0.4) is 0 Å². The molecular formula is C18H22N2O2S. The summed E-state index contributed by atoms with van der Waals surface area (Å²) in [4.78, 5) is 18.8. The van der Waals surface area contributed by atoms with Crippen molar-refractivity contribution in [1.29, 1.82) is 0 Å². The zero-order valence-corrected chi connectivity index (χ0v) is 14.4. The van der Waals surface area contributed by atoms with Gasteiger partial charge >= 0.3 is 0 Å². The lowest BCUT2D eigenvalue weighted by atomic mass is 10.2. The van der Waals surface area contributed by atoms with Gasteiger partial charge in [0.1, 0.15) is 5.75 Å². The second-order valence-electron chi connectivity index (χ2n) is 5.84. The molecule has 0 saturated carbocycles. The maximum absolute atomic E-state index is 12.7. The number of piperazine rings is 1. The number of hydrogen-bond donors (Lipinski definition) is 1. The first-order chi connectivity index (χ1) is 11.1. The Morgan fingerprint density at radius 3 is 2.52 bits per heavy atom. The summed E-state index contributed by atoms with van der Waals surface area (Å²) in [5, 5.41) is 9.96. The largest absolute Gasteiger partial charge is 0.506 e. The van der Waals surface area contributed by atoms with Crippen molar-refractivity contribution in [2.45, 2.75) is 20.3 Å². The number of nitrogens with zero attached hydrogens (tertiary/aromatic N) is 2. The molecule has 23 heavy (non-hydrogen) atoms. The standard InChI is InChI=1S/C18H22N2O2S/c1-3-16-13(2)12-17(23-16)18(22)20-10-8-19(9-11-20)14-6-4-5-7-15(14)21/h4-7,12,21H,3,8-11H2,1-2H3. The van der Waals surface area contributed by atoms with Crippen molar-refractivity contribution in [2.75, 3.05) is 31.1 Å². The van der Waals surface area contributed by atoms with Crippen LogP contribution in [0.25, 0.3) is 0 Å². The summed E-state index contributed by atoms with van der Waals surface area (Å²) in [5.41, 5.74) is 2.06. The lowest BCUT2D eigenvalue weighted by molar-refractivity contribution is 0.0751. The fourth-order valence-electron chi connectivity index (χ4n) is 3.01. The highest BCUT2D eigenvalue weighted by Gasteiger charge is 2.24. The highest BCUT2D eigenvalue weighted by atomic mass is 32.1. The van der Waals surface area contributed by atoms with Gasteiger partial charge in [0, 0.05) is 31.1 Å². The predicted octanol–water partition coefficient (Wildman–Crippen LogP) is 3.29. The summed E-state index contributed by atoms with van der Waals surface area (Å²) >= 11 is 1.62. The lowest BCUT2D eigenvalue weighted by Crippen LogP contribution is -2.48. The summed E-state index contributed by atoms with van der Waals surface area (Å²) in [7, 11) is 0. The van der Waals surface area contributed by atoms with Crippen LogP contribution in [-0.2, 0) is 6.42 Å². The van der Waals surface area contributed by atoms with Gasteiger partial charge in [0.25, 0.3) is 5.91 Å². The van der Waals surface area contributed by atoms with E-state index in [1.54, 1.807) is 17.4 Å². The third-order valence-corrected chi connectivity index (χ3v) is 5.71. The number of amides is 1. The number of aromatic hydroxyl groups is 1. The van der Waals surface area contributed by atoms with Crippen LogP contribution >= 0.6 is 11.3 Å². The average Bonchev–Trinajstić information content (AvgIpc) is 2.96. The number of carbonyl (C=O) groups is 1. The van der Waals surface area contributed by atoms with E-state index in [9.17, 15) is 9.90 Å². The smallest absolute Gasteiger partial charge is 0.264 e. The van der Waals surface area contributed by atoms with Crippen molar-refractivity contribution in [3.8, 4) is 5.75 Å². The Labute approximate surface area is 141 Å². The SMILES string of the molecule is CCc1sc(C(=O)N2CCN(c3ccccc3O)CC2)cc1C. The molecule has 0 bridgehead atoms. The minimum absolute atomic E-state index is 0.134. The number of benzene rings is 1. The van der Waals surface area contributed by atoms with Crippen molar-refractivity contribution in [1.82, 2.24) is 4.90 Å². The van der Waals surface area contributed by atoms with Crippen molar-refractivity contribution < 1.29 is 9.90 Å². The molecule has 0 radical (unpaired) electrons. The van der Waals surface area contributed by atoms with E-state index < -0.39 is 0 Å². The van der Waals surface area contributed by atoms with Crippen molar-refractivity contribution in [3.05, 3.63) is 45.6 Å². The van der Waals surface area contributed by atoms with E-state index in [0.717, 1.165) is 30.1 Å². The number of thiophene rings is 1. The van der Waals surface area contributed by atoms with E-state index in [4.69, 9.17) is 0 Å². The number of phenolic OH excluding ortho intramolecular Hbond substituents is 1. The zero-order valence-electron chi connectivity index (χ0n) is 13.6. The Hall–Kier alpha value is -2.01. The second kappa shape index (κ2) is 6.62. The quantitative estimate of drug-likeness (QED) is 0.939. The molecule has 5 heteroatoms. The van der Waals surface area contributed by atoms with Crippen LogP contribution in [0.2, 0.25) is 0 Å². The molecule has 3 rings (SSSR count). The van der Waals surface area contributed by atoms with Gasteiger partial charge in [0.15, 0.2) is 0 Å². The van der Waals surface area contributed by atoms with E-state index >= 15 is 0 Å². The van der Waals surface area contributed by atoms with Crippen LogP contribution in [0.4, 0.5) is 5.69 Å². The zero-order chi connectivity index (χ0) is 16.4. The topological polar surface area (TPSA) is 43.8 Å². The van der Waals surface area contributed by atoms with Crippen LogP contribution in [0, 0.1) is 6.92 Å². The molecule has 122 valence electrons. The number of carbonyl (C=O) groups excluding carboxylic acids is 1. The van der Waals surface area contributed by atoms with Crippen molar-refractivity contribution in [3.63, 3.8) is 0 Å². The maximum Gasteiger partial charge on any atom is 0.264 e. The molecule has 1 fully saturated rings. The predicted molar refractivity (Wildman–Crippen MR) is 94.7 cm³/mol. The van der Waals surface area contributed by atoms with Crippen LogP contribution in [-0.4, -0.2) is 42.1 Å². The summed E-state index contributed by atoms with van der Waals surface area (Å²) < 4.78 is 0. The van der Waals surface area contributed by atoms with E-state index in [0.29, 0.717) is 18.8 Å². The fourth-order valence-corrected chi connectivity index (χ4v) is 4.10. The number of aryl methyl sites for hydroxylation is 2. The summed E-state index contributed by atoms with van der Waals surface area (Å²) in [6, 6.07) is 9.38. The molecule has 1 aliphatic rings. The molecule has 0 spiro atoms. The molecular weight excluding hydrogens is 308 g/mol. The maximum atomic E-state index is 12.7. The molecule has 2 aromatic rings. The molecule has 1 saturated heterocycles. The minimum atomic E-state index is 0.134. The van der Waals surface area contributed by atoms with E-state index in [-0.39, 0.29) is 5.91 Å². The number of rotatable bonds is 3. The molecule has 1 amide bonds. The summed E-state index contributed by atoms with van der Waals surface area (Å²) in [6.45, 7) is 7.06. The van der Waals surface area contributed by atoms with Crippen molar-refractivity contribution in [2.24, 2.45) is 0 Å². The molecule has 0 unspecified atom stereocenters. The van der Waals surface area contributed by atoms with Crippen molar-refractivity contribution >= 4 is 22.9 Å². The number of anilines is 1. The van der Waals surface area contributed by atoms with Gasteiger partial charge in [-0.3, -0.25) is 4.79 Å². The molecule has 1 aromatic carbocycles. The van der Waals surface area contributed by atoms with Gasteiger partial charge in [0.2, 0.25) is 0 Å². The molecule has 4 nitrogen and oxygen atoms in total. The average molecular weight is 330 g/mol. The van der Waals surface area contributed by atoms with Gasteiger partial charge in [-0.1, -0.05) is 19.1 Å². The van der Waals surface area contributed by atoms with Gasteiger partial charge in [-0.2, -0.15) is 0 Å². The third-order valence-electron chi connectivity index (χ3n) is 4.34. The molecule has 2 heterocycles. The second-order valence-corrected chi connectivity index (χ2v) is 6.98. The Kier molecular flexibility index (Phi) is 4.57. The highest BCUT2D eigenvalue weighted by molar-refractivity contribution is 7.14. The first kappa shape index (κ1) is 15.9. The lowest BCUT2D eigenvalue weighted by Gasteiger charge is -2.36. The molecule has 0 aliphatic carbocycles. The highest BCUT2D eigenvalue weighted by Crippen LogP contribution is 2.28. The van der Waals surface area contributed by atoms with Crippen LogP contribution in [0.5, 0.6) is 5.75 Å². The molecule has 1 N–H and O–H groups in total. The third kappa shape index (κ3) is 3.20. The van der Waals surface area contributed by atoms with Crippen LogP contribution in [0.15, 0.2) is 30.3 Å². The Morgan fingerprint density at radius 2 is 1.91 bits per heavy atom. The van der Waals surface area contributed by atoms with Gasteiger partial charge in [-0.05, 0) is 37.1 Å². The summed E-state index contributed by atoms with van der Waals surface area (Å²) in [5.74, 6) is 0.434. The number of hydrogen-bond acceptors (Lipinski definition) is 4. The number of phenols is 1. The summed E-state index contributed by atoms with van der Waals surface area (Å²) in [6.07, 6.45) is 0.977. The Balaban J connectivity index is 1.66. The normalized spacial score (nSPS) is 15.0. The van der Waals surface area contributed by atoms with Crippen LogP contribution < -0.4 is 4.90 Å². The van der Waals surface area contributed by atoms with E-state index in [1.165, 1.54) is 10.4 Å². The Bertz CT molecular complexity index is 703. The number of para-hydroxylation sites is 2. The minimum Gasteiger partial charge on any atom is -0.506 e. The van der Waals surface area contributed by atoms with Gasteiger partial charge in [-0.25, -0.2) is 0 Å². The van der Waals surface area contributed by atoms with Gasteiger partial charge in [0.05, 0.1) is 10.6 Å². The first-order valence-corrected chi connectivity index (χ1v) is 8.83. The van der Waals surface area contributed by atoms with Gasteiger partial charge < -0.3 is 14.9 Å². The molecule has 1 aromatic heterocycles. The van der Waals surface area contributed by atoms with Crippen LogP contribution in [0.1, 0.15) is 27.0 Å². The van der Waals surface area contributed by atoms with E-state index in [1.807, 2.05) is 29.2 Å². The molecule has 0 atom stereocenters. The van der Waals surface area contributed by atoms with E-state index in [2.05, 4.69) is 18.7 Å². The Morgan fingerprint density at radius 1 is 1.22 bits per heavy atom. The first-order valence-electron chi connectivity index (χ1n) is 8.01.